The van der Waals surface area contributed by atoms with Crippen LogP contribution in [-0.2, 0) is 16.2 Å². The zero-order chi connectivity index (χ0) is 24.9. The Kier molecular flexibility index (Phi) is 7.05. The summed E-state index contributed by atoms with van der Waals surface area (Å²) in [5.74, 6) is 0.261. The van der Waals surface area contributed by atoms with Gasteiger partial charge in [0.25, 0.3) is 15.7 Å². The smallest absolute Gasteiger partial charge is 0.416 e. The summed E-state index contributed by atoms with van der Waals surface area (Å²) in [6.07, 6.45) is -3.31. The van der Waals surface area contributed by atoms with Gasteiger partial charge >= 0.3 is 6.18 Å². The number of alkyl halides is 3. The normalized spacial score (nSPS) is 11.9. The summed E-state index contributed by atoms with van der Waals surface area (Å²) in [4.78, 5) is 10.3. The Balaban J connectivity index is 1.81. The van der Waals surface area contributed by atoms with Crippen LogP contribution < -0.4 is 14.9 Å². The number of nitrogens with one attached hydrogen (secondary N) is 2. The average molecular weight is 494 g/mol. The second-order valence-corrected chi connectivity index (χ2v) is 8.41. The number of rotatable bonds is 8. The predicted molar refractivity (Wildman–Crippen MR) is 120 cm³/mol. The molecule has 0 aliphatic carbocycles. The van der Waals surface area contributed by atoms with Crippen LogP contribution in [0.25, 0.3) is 0 Å². The van der Waals surface area contributed by atoms with Gasteiger partial charge in [-0.15, -0.1) is 0 Å². The van der Waals surface area contributed by atoms with Crippen molar-refractivity contribution in [3.63, 3.8) is 0 Å². The highest BCUT2D eigenvalue weighted by atomic mass is 32.2. The van der Waals surface area contributed by atoms with E-state index in [1.54, 1.807) is 18.2 Å². The number of benzene rings is 3. The van der Waals surface area contributed by atoms with Crippen molar-refractivity contribution in [2.75, 3.05) is 17.3 Å². The maximum Gasteiger partial charge on any atom is 0.416 e. The molecule has 9 nitrogen and oxygen atoms in total. The first-order valence-corrected chi connectivity index (χ1v) is 10.9. The van der Waals surface area contributed by atoms with Crippen molar-refractivity contribution in [1.82, 2.24) is 0 Å². The Hall–Kier alpha value is -4.13. The molecule has 0 aliphatic rings. The molecule has 0 unspecified atom stereocenters. The predicted octanol–water partition coefficient (Wildman–Crippen LogP) is 4.87. The van der Waals surface area contributed by atoms with Gasteiger partial charge in [0.05, 0.1) is 34.4 Å². The highest BCUT2D eigenvalue weighted by Gasteiger charge is 2.29. The maximum absolute atomic E-state index is 12.7. The van der Waals surface area contributed by atoms with Crippen LogP contribution in [0.3, 0.4) is 0 Å². The molecule has 178 valence electrons. The molecule has 0 amide bonds. The molecule has 0 aliphatic heterocycles. The van der Waals surface area contributed by atoms with Gasteiger partial charge in [0.2, 0.25) is 0 Å². The Morgan fingerprint density at radius 2 is 1.71 bits per heavy atom. The number of nitro benzene ring substituents is 1. The summed E-state index contributed by atoms with van der Waals surface area (Å²) in [6.45, 7) is 0. The molecule has 0 bridgehead atoms. The fraction of sp³-hybridized carbons (Fsp3) is 0.0952. The van der Waals surface area contributed by atoms with Crippen LogP contribution in [-0.4, -0.2) is 26.7 Å². The van der Waals surface area contributed by atoms with E-state index in [1.165, 1.54) is 25.3 Å². The summed E-state index contributed by atoms with van der Waals surface area (Å²) in [6, 6.07) is 13.5. The molecular formula is C21H17F3N4O5S. The number of sulfonamides is 1. The minimum absolute atomic E-state index is 0.121. The Labute approximate surface area is 192 Å². The van der Waals surface area contributed by atoms with E-state index in [2.05, 4.69) is 15.2 Å². The van der Waals surface area contributed by atoms with Crippen LogP contribution in [0.4, 0.5) is 30.2 Å². The molecule has 3 aromatic carbocycles. The molecule has 0 saturated carbocycles. The summed E-state index contributed by atoms with van der Waals surface area (Å²) in [5.41, 5.74) is 1.34. The molecule has 3 aromatic rings. The third-order valence-electron chi connectivity index (χ3n) is 4.46. The number of hydrazone groups is 1. The van der Waals surface area contributed by atoms with Crippen LogP contribution in [0.1, 0.15) is 11.1 Å². The second kappa shape index (κ2) is 9.79. The van der Waals surface area contributed by atoms with Crippen LogP contribution in [0.5, 0.6) is 5.75 Å². The SMILES string of the molecule is COc1ccccc1NS(=O)(=O)c1ccc(N/N=C\c2ccc(C(F)(F)F)cc2)c([N+](=O)[O-])c1. The Morgan fingerprint density at radius 1 is 1.03 bits per heavy atom. The first-order valence-electron chi connectivity index (χ1n) is 9.42. The van der Waals surface area contributed by atoms with E-state index in [9.17, 15) is 31.7 Å². The highest BCUT2D eigenvalue weighted by molar-refractivity contribution is 7.92. The Morgan fingerprint density at radius 3 is 2.32 bits per heavy atom. The second-order valence-electron chi connectivity index (χ2n) is 6.73. The number of hydrogen-bond donors (Lipinski definition) is 2. The number of anilines is 2. The molecule has 2 N–H and O–H groups in total. The van der Waals surface area contributed by atoms with Crippen molar-refractivity contribution in [1.29, 1.82) is 0 Å². The molecule has 0 spiro atoms. The van der Waals surface area contributed by atoms with Gasteiger partial charge in [0.1, 0.15) is 11.4 Å². The van der Waals surface area contributed by atoms with E-state index >= 15 is 0 Å². The van der Waals surface area contributed by atoms with Crippen molar-refractivity contribution in [3.05, 3.63) is 88.0 Å². The van der Waals surface area contributed by atoms with Crippen molar-refractivity contribution in [3.8, 4) is 5.75 Å². The lowest BCUT2D eigenvalue weighted by Crippen LogP contribution is -2.14. The van der Waals surface area contributed by atoms with E-state index in [4.69, 9.17) is 4.74 Å². The Bertz CT molecular complexity index is 1330. The molecule has 0 saturated heterocycles. The summed E-state index contributed by atoms with van der Waals surface area (Å²) >= 11 is 0. The molecular weight excluding hydrogens is 477 g/mol. The largest absolute Gasteiger partial charge is 0.495 e. The van der Waals surface area contributed by atoms with E-state index in [1.807, 2.05) is 0 Å². The molecule has 0 radical (unpaired) electrons. The van der Waals surface area contributed by atoms with E-state index < -0.39 is 32.4 Å². The van der Waals surface area contributed by atoms with Crippen molar-refractivity contribution in [2.45, 2.75) is 11.1 Å². The minimum atomic E-state index is -4.48. The number of methoxy groups -OCH3 is 1. The van der Waals surface area contributed by atoms with Crippen molar-refractivity contribution in [2.24, 2.45) is 5.10 Å². The standard InChI is InChI=1S/C21H17F3N4O5S/c1-33-20-5-3-2-4-18(20)27-34(31,32)16-10-11-17(19(12-16)28(29)30)26-25-13-14-6-8-15(9-7-14)21(22,23)24/h2-13,26-27H,1H3/b25-13-. The van der Waals surface area contributed by atoms with Gasteiger partial charge in [-0.2, -0.15) is 18.3 Å². The van der Waals surface area contributed by atoms with Crippen LogP contribution in [0, 0.1) is 10.1 Å². The number of nitro groups is 1. The van der Waals surface area contributed by atoms with Gasteiger partial charge in [-0.1, -0.05) is 24.3 Å². The van der Waals surface area contributed by atoms with Crippen LogP contribution in [0.2, 0.25) is 0 Å². The molecule has 3 rings (SSSR count). The number of ether oxygens (including phenoxy) is 1. The summed E-state index contributed by atoms with van der Waals surface area (Å²) in [7, 11) is -2.83. The van der Waals surface area contributed by atoms with Gasteiger partial charge in [-0.3, -0.25) is 20.3 Å². The first kappa shape index (κ1) is 24.5. The molecule has 0 fully saturated rings. The van der Waals surface area contributed by atoms with Crippen LogP contribution in [0.15, 0.2) is 76.7 Å². The van der Waals surface area contributed by atoms with E-state index in [-0.39, 0.29) is 22.0 Å². The minimum Gasteiger partial charge on any atom is -0.495 e. The quantitative estimate of drug-likeness (QED) is 0.262. The summed E-state index contributed by atoms with van der Waals surface area (Å²) in [5, 5.41) is 15.3. The van der Waals surface area contributed by atoms with Gasteiger partial charge in [-0.25, -0.2) is 8.42 Å². The van der Waals surface area contributed by atoms with Gasteiger partial charge in [0, 0.05) is 6.07 Å². The topological polar surface area (TPSA) is 123 Å². The molecule has 0 heterocycles. The van der Waals surface area contributed by atoms with E-state index in [0.29, 0.717) is 5.56 Å². The lowest BCUT2D eigenvalue weighted by molar-refractivity contribution is -0.384. The van der Waals surface area contributed by atoms with Gasteiger partial charge in [0.15, 0.2) is 0 Å². The van der Waals surface area contributed by atoms with Crippen molar-refractivity contribution < 1.29 is 31.2 Å². The fourth-order valence-electron chi connectivity index (χ4n) is 2.79. The van der Waals surface area contributed by atoms with Crippen LogP contribution >= 0.6 is 0 Å². The third-order valence-corrected chi connectivity index (χ3v) is 5.83. The first-order chi connectivity index (χ1) is 16.0. The monoisotopic (exact) mass is 494 g/mol. The summed E-state index contributed by atoms with van der Waals surface area (Å²) < 4.78 is 70.8. The zero-order valence-corrected chi connectivity index (χ0v) is 18.2. The highest BCUT2D eigenvalue weighted by Crippen LogP contribution is 2.31. The fourth-order valence-corrected chi connectivity index (χ4v) is 3.88. The molecule has 13 heteroatoms. The number of hydrogen-bond acceptors (Lipinski definition) is 7. The number of halogens is 3. The van der Waals surface area contributed by atoms with E-state index in [0.717, 1.165) is 36.5 Å². The lowest BCUT2D eigenvalue weighted by atomic mass is 10.1. The number of nitrogens with zero attached hydrogens (tertiary/aromatic N) is 2. The van der Waals surface area contributed by atoms with Crippen molar-refractivity contribution >= 4 is 33.3 Å². The third kappa shape index (κ3) is 5.81. The van der Waals surface area contributed by atoms with Gasteiger partial charge < -0.3 is 4.74 Å². The maximum atomic E-state index is 12.7. The number of para-hydroxylation sites is 2. The lowest BCUT2D eigenvalue weighted by Gasteiger charge is -2.12. The molecule has 0 atom stereocenters. The molecule has 34 heavy (non-hydrogen) atoms. The zero-order valence-electron chi connectivity index (χ0n) is 17.4. The van der Waals surface area contributed by atoms with Gasteiger partial charge in [-0.05, 0) is 42.0 Å². The average Bonchev–Trinajstić information content (AvgIpc) is 2.79. The molecule has 0 aromatic heterocycles.